The zero-order chi connectivity index (χ0) is 31.2. The van der Waals surface area contributed by atoms with Crippen molar-refractivity contribution in [2.24, 2.45) is 0 Å². The Hall–Kier alpha value is -3.42. The van der Waals surface area contributed by atoms with E-state index >= 15 is 0 Å². The number of aliphatic hydroxyl groups excluding tert-OH is 8. The molecule has 11 atom stereocenters. The molecule has 3 aliphatic rings. The number of hydrogen-bond donors (Lipinski definition) is 11. The molecule has 236 valence electrons. The van der Waals surface area contributed by atoms with Gasteiger partial charge in [0.2, 0.25) is 12.6 Å². The molecule has 2 saturated heterocycles. The van der Waals surface area contributed by atoms with E-state index in [0.717, 1.165) is 6.07 Å². The molecule has 2 aromatic carbocycles. The van der Waals surface area contributed by atoms with E-state index in [1.165, 1.54) is 30.3 Å². The summed E-state index contributed by atoms with van der Waals surface area (Å²) in [5.74, 6) is -1.63. The largest absolute Gasteiger partial charge is 0.508 e. The van der Waals surface area contributed by atoms with Gasteiger partial charge in [0, 0.05) is 17.7 Å². The minimum atomic E-state index is -1.79. The molecule has 2 aromatic rings. The monoisotopic (exact) mass is 612 g/mol. The van der Waals surface area contributed by atoms with Gasteiger partial charge in [-0.2, -0.15) is 0 Å². The smallest absolute Gasteiger partial charge is 0.229 e. The van der Waals surface area contributed by atoms with E-state index in [9.17, 15) is 56.2 Å². The molecular formula is C27H32O16. The fraction of sp³-hybridized carbons (Fsp3) is 0.481. The first-order valence-electron chi connectivity index (χ1n) is 13.1. The average Bonchev–Trinajstić information content (AvgIpc) is 2.98. The third-order valence-corrected chi connectivity index (χ3v) is 7.37. The number of ether oxygens (including phenoxy) is 5. The van der Waals surface area contributed by atoms with Crippen molar-refractivity contribution in [3.05, 3.63) is 47.2 Å². The Morgan fingerprint density at radius 1 is 0.651 bits per heavy atom. The molecule has 0 radical (unpaired) electrons. The third kappa shape index (κ3) is 5.89. The van der Waals surface area contributed by atoms with Crippen LogP contribution in [0.2, 0.25) is 0 Å². The van der Waals surface area contributed by atoms with Crippen LogP contribution in [0.1, 0.15) is 17.2 Å². The van der Waals surface area contributed by atoms with Crippen molar-refractivity contribution in [2.45, 2.75) is 67.5 Å². The van der Waals surface area contributed by atoms with Gasteiger partial charge in [-0.3, -0.25) is 0 Å². The molecule has 16 heteroatoms. The zero-order valence-corrected chi connectivity index (χ0v) is 22.2. The van der Waals surface area contributed by atoms with Crippen molar-refractivity contribution in [3.63, 3.8) is 0 Å². The fourth-order valence-electron chi connectivity index (χ4n) is 4.95. The number of benzene rings is 2. The molecule has 0 spiro atoms. The number of aliphatic hydroxyl groups is 8. The molecule has 0 aliphatic carbocycles. The topological polar surface area (TPSA) is 269 Å². The van der Waals surface area contributed by atoms with Gasteiger partial charge in [-0.25, -0.2) is 0 Å². The molecule has 5 rings (SSSR count). The predicted octanol–water partition coefficient (Wildman–Crippen LogP) is -2.73. The van der Waals surface area contributed by atoms with E-state index < -0.39 is 92.2 Å². The second kappa shape index (κ2) is 12.3. The number of fused-ring (bicyclic) bond motifs is 1. The Morgan fingerprint density at radius 3 is 1.81 bits per heavy atom. The quantitative estimate of drug-likeness (QED) is 0.152. The van der Waals surface area contributed by atoms with Crippen molar-refractivity contribution in [3.8, 4) is 28.7 Å². The maximum absolute atomic E-state index is 10.5. The fourth-order valence-corrected chi connectivity index (χ4v) is 4.95. The van der Waals surface area contributed by atoms with E-state index in [1.54, 1.807) is 0 Å². The number of phenols is 3. The molecule has 43 heavy (non-hydrogen) atoms. The summed E-state index contributed by atoms with van der Waals surface area (Å²) in [6.07, 6.45) is -16.2. The lowest BCUT2D eigenvalue weighted by Gasteiger charge is -2.41. The molecule has 11 N–H and O–H groups in total. The van der Waals surface area contributed by atoms with Crippen LogP contribution >= 0.6 is 0 Å². The van der Waals surface area contributed by atoms with Gasteiger partial charge in [-0.15, -0.1) is 0 Å². The molecule has 0 bridgehead atoms. The summed E-state index contributed by atoms with van der Waals surface area (Å²) in [6, 6.07) is 6.03. The third-order valence-electron chi connectivity index (χ3n) is 7.37. The van der Waals surface area contributed by atoms with Gasteiger partial charge in [0.05, 0.1) is 18.8 Å². The first-order chi connectivity index (χ1) is 20.4. The summed E-state index contributed by atoms with van der Waals surface area (Å²) in [7, 11) is 0. The van der Waals surface area contributed by atoms with E-state index in [0.29, 0.717) is 0 Å². The first-order valence-corrected chi connectivity index (χ1v) is 13.1. The van der Waals surface area contributed by atoms with Gasteiger partial charge in [0.1, 0.15) is 71.8 Å². The van der Waals surface area contributed by atoms with Crippen molar-refractivity contribution in [2.75, 3.05) is 13.2 Å². The average molecular weight is 613 g/mol. The highest BCUT2D eigenvalue weighted by atomic mass is 16.7. The van der Waals surface area contributed by atoms with Crippen molar-refractivity contribution in [1.82, 2.24) is 0 Å². The maximum Gasteiger partial charge on any atom is 0.229 e. The SMILES string of the molecule is OCC1OC(OC2=Cc3c(O)cc(O)cc3OC2c2ccc(O)c(OC3OC(CO)C(O)C(O)C3O)c2)C(O)C(O)C1O. The van der Waals surface area contributed by atoms with Gasteiger partial charge in [0.25, 0.3) is 0 Å². The normalized spacial score (nSPS) is 35.8. The van der Waals surface area contributed by atoms with Crippen molar-refractivity contribution >= 4 is 6.08 Å². The molecule has 3 aliphatic heterocycles. The molecule has 2 fully saturated rings. The minimum Gasteiger partial charge on any atom is -0.508 e. The number of rotatable bonds is 7. The lowest BCUT2D eigenvalue weighted by Crippen LogP contribution is -2.60. The lowest BCUT2D eigenvalue weighted by atomic mass is 9.98. The van der Waals surface area contributed by atoms with E-state index in [2.05, 4.69) is 0 Å². The van der Waals surface area contributed by atoms with Gasteiger partial charge in [-0.1, -0.05) is 6.07 Å². The highest BCUT2D eigenvalue weighted by Gasteiger charge is 2.47. The van der Waals surface area contributed by atoms with Crippen LogP contribution in [0.5, 0.6) is 28.7 Å². The van der Waals surface area contributed by atoms with Crippen LogP contribution < -0.4 is 9.47 Å². The van der Waals surface area contributed by atoms with Gasteiger partial charge in [-0.05, 0) is 18.2 Å². The van der Waals surface area contributed by atoms with Crippen molar-refractivity contribution in [1.29, 1.82) is 0 Å². The summed E-state index contributed by atoms with van der Waals surface area (Å²) in [6.45, 7) is -1.43. The number of phenolic OH excluding ortho intramolecular Hbond substituents is 3. The van der Waals surface area contributed by atoms with Gasteiger partial charge < -0.3 is 79.9 Å². The Balaban J connectivity index is 1.49. The van der Waals surface area contributed by atoms with Gasteiger partial charge >= 0.3 is 0 Å². The first kappa shape index (κ1) is 31.0. The second-order valence-electron chi connectivity index (χ2n) is 10.3. The Kier molecular flexibility index (Phi) is 8.87. The van der Waals surface area contributed by atoms with Crippen LogP contribution in [-0.4, -0.2) is 131 Å². The molecular weight excluding hydrogens is 580 g/mol. The summed E-state index contributed by atoms with van der Waals surface area (Å²) in [4.78, 5) is 0. The van der Waals surface area contributed by atoms with Crippen LogP contribution in [0, 0.1) is 0 Å². The predicted molar refractivity (Wildman–Crippen MR) is 138 cm³/mol. The molecule has 0 amide bonds. The van der Waals surface area contributed by atoms with Crippen LogP contribution in [0.3, 0.4) is 0 Å². The summed E-state index contributed by atoms with van der Waals surface area (Å²) in [5.41, 5.74) is 0.243. The standard InChI is InChI=1S/C27H32O16/c28-7-17-19(33)21(35)23(37)26(42-17)40-15-3-9(1-2-12(15)31)25-16(6-11-13(32)4-10(30)5-14(11)39-25)41-27-24(38)22(36)20(34)18(8-29)43-27/h1-6,17-38H,7-8H2. The highest BCUT2D eigenvalue weighted by Crippen LogP contribution is 2.45. The Bertz CT molecular complexity index is 1330. The molecule has 0 aromatic heterocycles. The number of hydrogen-bond acceptors (Lipinski definition) is 16. The maximum atomic E-state index is 10.5. The molecule has 11 unspecified atom stereocenters. The minimum absolute atomic E-state index is 0.00636. The van der Waals surface area contributed by atoms with Crippen LogP contribution in [-0.2, 0) is 14.2 Å². The lowest BCUT2D eigenvalue weighted by molar-refractivity contribution is -0.293. The molecule has 0 saturated carbocycles. The second-order valence-corrected chi connectivity index (χ2v) is 10.3. The highest BCUT2D eigenvalue weighted by molar-refractivity contribution is 5.70. The van der Waals surface area contributed by atoms with Crippen molar-refractivity contribution < 1.29 is 79.9 Å². The summed E-state index contributed by atoms with van der Waals surface area (Å²) >= 11 is 0. The zero-order valence-electron chi connectivity index (χ0n) is 22.2. The summed E-state index contributed by atoms with van der Waals surface area (Å²) in [5, 5.41) is 111. The van der Waals surface area contributed by atoms with Crippen LogP contribution in [0.25, 0.3) is 6.08 Å². The van der Waals surface area contributed by atoms with E-state index in [-0.39, 0.29) is 34.1 Å². The summed E-state index contributed by atoms with van der Waals surface area (Å²) < 4.78 is 28.2. The van der Waals surface area contributed by atoms with Crippen LogP contribution in [0.15, 0.2) is 36.1 Å². The molecule has 16 nitrogen and oxygen atoms in total. The number of aromatic hydroxyl groups is 3. The molecule has 3 heterocycles. The Labute approximate surface area is 243 Å². The van der Waals surface area contributed by atoms with Crippen LogP contribution in [0.4, 0.5) is 0 Å². The van der Waals surface area contributed by atoms with E-state index in [4.69, 9.17) is 23.7 Å². The van der Waals surface area contributed by atoms with Gasteiger partial charge in [0.15, 0.2) is 17.6 Å². The Morgan fingerprint density at radius 2 is 1.23 bits per heavy atom. The van der Waals surface area contributed by atoms with E-state index in [1.807, 2.05) is 0 Å².